The Morgan fingerprint density at radius 3 is 2.50 bits per heavy atom. The fourth-order valence-corrected chi connectivity index (χ4v) is 3.05. The van der Waals surface area contributed by atoms with Gasteiger partial charge in [0.15, 0.2) is 5.17 Å². The molecule has 0 fully saturated rings. The lowest BCUT2D eigenvalue weighted by molar-refractivity contribution is 0.803. The number of hydrogen-bond acceptors (Lipinski definition) is 5. The molecule has 4 nitrogen and oxygen atoms in total. The van der Waals surface area contributed by atoms with Crippen molar-refractivity contribution >= 4 is 22.6 Å². The van der Waals surface area contributed by atoms with Crippen LogP contribution in [0.3, 0.4) is 0 Å². The van der Waals surface area contributed by atoms with Crippen molar-refractivity contribution in [2.45, 2.75) is 25.0 Å². The molecule has 2 N–H and O–H groups in total. The van der Waals surface area contributed by atoms with Crippen molar-refractivity contribution in [3.63, 3.8) is 0 Å². The summed E-state index contributed by atoms with van der Waals surface area (Å²) in [6, 6.07) is 10.0. The number of aliphatic imine (C=N–C) groups is 1. The summed E-state index contributed by atoms with van der Waals surface area (Å²) < 4.78 is 0. The highest BCUT2D eigenvalue weighted by atomic mass is 32.2. The second-order valence-corrected chi connectivity index (χ2v) is 6.59. The van der Waals surface area contributed by atoms with E-state index in [9.17, 15) is 0 Å². The number of nitrogens with two attached hydrogens (primary N) is 1. The minimum absolute atomic E-state index is 0.0430. The molecular formula is C17H18N4S. The number of thioether (sulfide) groups is 1. The number of amidine groups is 1. The first kappa shape index (κ1) is 14.8. The summed E-state index contributed by atoms with van der Waals surface area (Å²) in [5.41, 5.74) is 9.84. The van der Waals surface area contributed by atoms with Crippen LogP contribution in [0.2, 0.25) is 0 Å². The van der Waals surface area contributed by atoms with Crippen molar-refractivity contribution in [1.82, 2.24) is 9.97 Å². The van der Waals surface area contributed by atoms with Crippen molar-refractivity contribution in [1.29, 1.82) is 0 Å². The molecule has 0 amide bonds. The van der Waals surface area contributed by atoms with Gasteiger partial charge < -0.3 is 5.73 Å². The summed E-state index contributed by atoms with van der Waals surface area (Å²) >= 11 is 1.50. The molecule has 3 rings (SSSR count). The number of benzene rings is 1. The molecule has 1 atom stereocenters. The molecule has 112 valence electrons. The zero-order valence-corrected chi connectivity index (χ0v) is 13.4. The van der Waals surface area contributed by atoms with Crippen molar-refractivity contribution in [2.75, 3.05) is 0 Å². The van der Waals surface area contributed by atoms with Crippen LogP contribution in [0, 0.1) is 0 Å². The Bertz CT molecular complexity index is 705. The van der Waals surface area contributed by atoms with Crippen LogP contribution in [0.5, 0.6) is 0 Å². The SMILES string of the molecule is CC(C)c1cnc(C2C=C(c3ccccc3)N=C(N)S2)cn1. The van der Waals surface area contributed by atoms with E-state index >= 15 is 0 Å². The van der Waals surface area contributed by atoms with Crippen LogP contribution in [0.4, 0.5) is 0 Å². The summed E-state index contributed by atoms with van der Waals surface area (Å²) in [6.45, 7) is 4.22. The van der Waals surface area contributed by atoms with Gasteiger partial charge in [-0.05, 0) is 17.6 Å². The molecule has 0 radical (unpaired) electrons. The van der Waals surface area contributed by atoms with Crippen molar-refractivity contribution in [3.8, 4) is 0 Å². The molecule has 0 saturated heterocycles. The maximum Gasteiger partial charge on any atom is 0.160 e. The molecule has 0 saturated carbocycles. The largest absolute Gasteiger partial charge is 0.378 e. The normalized spacial score (nSPS) is 18.0. The zero-order chi connectivity index (χ0) is 15.5. The molecular weight excluding hydrogens is 292 g/mol. The molecule has 2 heterocycles. The van der Waals surface area contributed by atoms with Crippen molar-refractivity contribution in [3.05, 3.63) is 65.8 Å². The monoisotopic (exact) mass is 310 g/mol. The van der Waals surface area contributed by atoms with Gasteiger partial charge in [-0.1, -0.05) is 55.9 Å². The molecule has 5 heteroatoms. The van der Waals surface area contributed by atoms with E-state index in [-0.39, 0.29) is 5.25 Å². The molecule has 1 aliphatic heterocycles. The number of nitrogens with zero attached hydrogens (tertiary/aromatic N) is 3. The van der Waals surface area contributed by atoms with Crippen LogP contribution < -0.4 is 5.73 Å². The quantitative estimate of drug-likeness (QED) is 0.938. The van der Waals surface area contributed by atoms with E-state index in [1.54, 1.807) is 0 Å². The highest BCUT2D eigenvalue weighted by Crippen LogP contribution is 2.36. The molecule has 1 aliphatic rings. The van der Waals surface area contributed by atoms with Gasteiger partial charge in [0.25, 0.3) is 0 Å². The topological polar surface area (TPSA) is 64.2 Å². The fraction of sp³-hybridized carbons (Fsp3) is 0.235. The summed E-state index contributed by atoms with van der Waals surface area (Å²) in [4.78, 5) is 13.5. The van der Waals surface area contributed by atoms with Gasteiger partial charge in [0.2, 0.25) is 0 Å². The third-order valence-corrected chi connectivity index (χ3v) is 4.40. The molecule has 2 aromatic rings. The maximum atomic E-state index is 5.99. The number of rotatable bonds is 3. The first-order valence-electron chi connectivity index (χ1n) is 7.23. The second-order valence-electron chi connectivity index (χ2n) is 5.43. The van der Waals surface area contributed by atoms with Crippen molar-refractivity contribution in [2.24, 2.45) is 10.7 Å². The van der Waals surface area contributed by atoms with Gasteiger partial charge in [-0.2, -0.15) is 0 Å². The number of hydrogen-bond donors (Lipinski definition) is 1. The van der Waals surface area contributed by atoms with Crippen LogP contribution in [-0.4, -0.2) is 15.1 Å². The van der Waals surface area contributed by atoms with Gasteiger partial charge in [-0.15, -0.1) is 0 Å². The van der Waals surface area contributed by atoms with Gasteiger partial charge in [0, 0.05) is 6.20 Å². The highest BCUT2D eigenvalue weighted by Gasteiger charge is 2.20. The van der Waals surface area contributed by atoms with E-state index in [0.717, 1.165) is 22.6 Å². The molecule has 1 aromatic heterocycles. The lowest BCUT2D eigenvalue weighted by atomic mass is 10.1. The van der Waals surface area contributed by atoms with E-state index in [4.69, 9.17) is 5.73 Å². The predicted octanol–water partition coefficient (Wildman–Crippen LogP) is 3.74. The first-order valence-corrected chi connectivity index (χ1v) is 8.11. The first-order chi connectivity index (χ1) is 10.6. The smallest absolute Gasteiger partial charge is 0.160 e. The van der Waals surface area contributed by atoms with E-state index < -0.39 is 0 Å². The minimum atomic E-state index is 0.0430. The van der Waals surface area contributed by atoms with Crippen LogP contribution in [0.25, 0.3) is 5.70 Å². The summed E-state index contributed by atoms with van der Waals surface area (Å²) in [7, 11) is 0. The Hall–Kier alpha value is -2.14. The zero-order valence-electron chi connectivity index (χ0n) is 12.6. The Kier molecular flexibility index (Phi) is 4.24. The Morgan fingerprint density at radius 2 is 1.86 bits per heavy atom. The molecule has 1 aromatic carbocycles. The van der Waals surface area contributed by atoms with E-state index in [1.165, 1.54) is 11.8 Å². The molecule has 0 bridgehead atoms. The van der Waals surface area contributed by atoms with Crippen LogP contribution >= 0.6 is 11.8 Å². The van der Waals surface area contributed by atoms with Crippen molar-refractivity contribution < 1.29 is 0 Å². The van der Waals surface area contributed by atoms with Gasteiger partial charge in [-0.3, -0.25) is 9.97 Å². The fourth-order valence-electron chi connectivity index (χ4n) is 2.20. The molecule has 1 unspecified atom stereocenters. The third-order valence-electron chi connectivity index (χ3n) is 3.43. The van der Waals surface area contributed by atoms with Gasteiger partial charge in [0.05, 0.1) is 28.5 Å². The average Bonchev–Trinajstić information content (AvgIpc) is 2.55. The summed E-state index contributed by atoms with van der Waals surface area (Å²) in [5.74, 6) is 0.377. The maximum absolute atomic E-state index is 5.99. The third kappa shape index (κ3) is 3.20. The lowest BCUT2D eigenvalue weighted by Crippen LogP contribution is -2.14. The summed E-state index contributed by atoms with van der Waals surface area (Å²) in [6.07, 6.45) is 5.78. The molecule has 0 aliphatic carbocycles. The van der Waals surface area contributed by atoms with Crippen LogP contribution in [0.1, 0.15) is 42.0 Å². The minimum Gasteiger partial charge on any atom is -0.378 e. The van der Waals surface area contributed by atoms with Gasteiger partial charge >= 0.3 is 0 Å². The average molecular weight is 310 g/mol. The highest BCUT2D eigenvalue weighted by molar-refractivity contribution is 8.14. The van der Waals surface area contributed by atoms with Crippen LogP contribution in [0.15, 0.2) is 53.8 Å². The van der Waals surface area contributed by atoms with E-state index in [1.807, 2.05) is 42.7 Å². The number of aromatic nitrogens is 2. The van der Waals surface area contributed by atoms with E-state index in [2.05, 4.69) is 34.9 Å². The van der Waals surface area contributed by atoms with E-state index in [0.29, 0.717) is 11.1 Å². The molecule has 0 spiro atoms. The van der Waals surface area contributed by atoms with Gasteiger partial charge in [0.1, 0.15) is 0 Å². The Labute approximate surface area is 134 Å². The standard InChI is InChI=1S/C17H18N4S/c1-11(2)14-9-20-15(10-19-14)16-8-13(21-17(18)22-16)12-6-4-3-5-7-12/h3-11,16H,1-2H3,(H2,18,21). The Balaban J connectivity index is 1.91. The predicted molar refractivity (Wildman–Crippen MR) is 92.5 cm³/mol. The lowest BCUT2D eigenvalue weighted by Gasteiger charge is -2.18. The Morgan fingerprint density at radius 1 is 1.09 bits per heavy atom. The van der Waals surface area contributed by atoms with Crippen LogP contribution in [-0.2, 0) is 0 Å². The molecule has 22 heavy (non-hydrogen) atoms. The van der Waals surface area contributed by atoms with Gasteiger partial charge in [-0.25, -0.2) is 4.99 Å². The summed E-state index contributed by atoms with van der Waals surface area (Å²) in [5, 5.41) is 0.600. The second kappa shape index (κ2) is 6.32.